The standard InChI is InChI=1S/C7H8O5/c1-4(6(9)10)2-3-5(8)7(11)12/h2-4H,1H3,(H,9,10)(H,11,12)/b3-2-. The quantitative estimate of drug-likeness (QED) is 0.457. The summed E-state index contributed by atoms with van der Waals surface area (Å²) in [6, 6.07) is 0. The van der Waals surface area contributed by atoms with E-state index in [0.717, 1.165) is 12.2 Å². The highest BCUT2D eigenvalue weighted by molar-refractivity contribution is 6.37. The van der Waals surface area contributed by atoms with E-state index in [4.69, 9.17) is 10.2 Å². The summed E-state index contributed by atoms with van der Waals surface area (Å²) in [5, 5.41) is 16.4. The zero-order chi connectivity index (χ0) is 9.72. The van der Waals surface area contributed by atoms with Gasteiger partial charge in [0.2, 0.25) is 0 Å². The molecule has 2 N–H and O–H groups in total. The third-order valence-electron chi connectivity index (χ3n) is 1.14. The number of hydrogen-bond acceptors (Lipinski definition) is 3. The Morgan fingerprint density at radius 3 is 2.08 bits per heavy atom. The summed E-state index contributed by atoms with van der Waals surface area (Å²) >= 11 is 0. The van der Waals surface area contributed by atoms with Crippen molar-refractivity contribution >= 4 is 17.7 Å². The van der Waals surface area contributed by atoms with Gasteiger partial charge in [-0.05, 0) is 13.0 Å². The van der Waals surface area contributed by atoms with Gasteiger partial charge in [-0.25, -0.2) is 4.79 Å². The second kappa shape index (κ2) is 4.27. The lowest BCUT2D eigenvalue weighted by atomic mass is 10.1. The van der Waals surface area contributed by atoms with E-state index in [1.165, 1.54) is 6.92 Å². The molecule has 0 aliphatic carbocycles. The van der Waals surface area contributed by atoms with E-state index in [2.05, 4.69) is 0 Å². The highest BCUT2D eigenvalue weighted by atomic mass is 16.4. The lowest BCUT2D eigenvalue weighted by Crippen LogP contribution is -2.11. The van der Waals surface area contributed by atoms with Gasteiger partial charge in [0, 0.05) is 0 Å². The van der Waals surface area contributed by atoms with Crippen LogP contribution >= 0.6 is 0 Å². The molecular weight excluding hydrogens is 164 g/mol. The molecule has 1 atom stereocenters. The molecule has 0 amide bonds. The second-order valence-electron chi connectivity index (χ2n) is 2.16. The van der Waals surface area contributed by atoms with Gasteiger partial charge in [-0.2, -0.15) is 0 Å². The smallest absolute Gasteiger partial charge is 0.376 e. The number of rotatable bonds is 4. The Bertz CT molecular complexity index is 240. The fourth-order valence-corrected chi connectivity index (χ4v) is 0.385. The van der Waals surface area contributed by atoms with Crippen molar-refractivity contribution < 1.29 is 24.6 Å². The van der Waals surface area contributed by atoms with Crippen molar-refractivity contribution in [1.29, 1.82) is 0 Å². The number of carbonyl (C=O) groups is 3. The summed E-state index contributed by atoms with van der Waals surface area (Å²) in [6.45, 7) is 1.34. The Morgan fingerprint density at radius 1 is 1.25 bits per heavy atom. The van der Waals surface area contributed by atoms with Crippen molar-refractivity contribution in [2.75, 3.05) is 0 Å². The molecular formula is C7H8O5. The van der Waals surface area contributed by atoms with Crippen molar-refractivity contribution in [3.63, 3.8) is 0 Å². The first-order chi connectivity index (χ1) is 5.45. The van der Waals surface area contributed by atoms with Crippen LogP contribution in [0.4, 0.5) is 0 Å². The third kappa shape index (κ3) is 3.50. The van der Waals surface area contributed by atoms with E-state index in [1.54, 1.807) is 0 Å². The van der Waals surface area contributed by atoms with Crippen LogP contribution in [0.15, 0.2) is 12.2 Å². The van der Waals surface area contributed by atoms with Crippen molar-refractivity contribution in [2.24, 2.45) is 5.92 Å². The van der Waals surface area contributed by atoms with Gasteiger partial charge in [-0.15, -0.1) is 0 Å². The summed E-state index contributed by atoms with van der Waals surface area (Å²) in [5.41, 5.74) is 0. The highest BCUT2D eigenvalue weighted by Crippen LogP contribution is 1.96. The van der Waals surface area contributed by atoms with E-state index < -0.39 is 23.6 Å². The largest absolute Gasteiger partial charge is 0.481 e. The van der Waals surface area contributed by atoms with Gasteiger partial charge in [-0.3, -0.25) is 9.59 Å². The van der Waals surface area contributed by atoms with Crippen molar-refractivity contribution in [2.45, 2.75) is 6.92 Å². The molecule has 0 aliphatic heterocycles. The molecule has 0 aromatic carbocycles. The van der Waals surface area contributed by atoms with Crippen molar-refractivity contribution in [3.05, 3.63) is 12.2 Å². The number of carbonyl (C=O) groups excluding carboxylic acids is 1. The number of ketones is 1. The Kier molecular flexibility index (Phi) is 3.69. The second-order valence-corrected chi connectivity index (χ2v) is 2.16. The normalized spacial score (nSPS) is 12.8. The fraction of sp³-hybridized carbons (Fsp3) is 0.286. The van der Waals surface area contributed by atoms with E-state index in [0.29, 0.717) is 0 Å². The minimum Gasteiger partial charge on any atom is -0.481 e. The van der Waals surface area contributed by atoms with E-state index in [1.807, 2.05) is 0 Å². The topological polar surface area (TPSA) is 91.7 Å². The molecule has 0 saturated heterocycles. The minimum absolute atomic E-state index is 0.737. The number of carboxylic acids is 2. The number of carboxylic acid groups (broad SMARTS) is 2. The average molecular weight is 172 g/mol. The number of hydrogen-bond donors (Lipinski definition) is 2. The maximum atomic E-state index is 10.4. The molecule has 0 heterocycles. The monoisotopic (exact) mass is 172 g/mol. The SMILES string of the molecule is CC(/C=C\C(=O)C(=O)O)C(=O)O. The maximum absolute atomic E-state index is 10.4. The predicted molar refractivity (Wildman–Crippen MR) is 38.6 cm³/mol. The Morgan fingerprint density at radius 2 is 1.75 bits per heavy atom. The van der Waals surface area contributed by atoms with Crippen LogP contribution in [0.25, 0.3) is 0 Å². The molecule has 0 aliphatic rings. The molecule has 12 heavy (non-hydrogen) atoms. The number of aliphatic carboxylic acids is 2. The van der Waals surface area contributed by atoms with Gasteiger partial charge in [0.1, 0.15) is 0 Å². The van der Waals surface area contributed by atoms with Gasteiger partial charge >= 0.3 is 11.9 Å². The van der Waals surface area contributed by atoms with Crippen molar-refractivity contribution in [1.82, 2.24) is 0 Å². The Hall–Kier alpha value is -1.65. The fourth-order valence-electron chi connectivity index (χ4n) is 0.385. The summed E-state index contributed by atoms with van der Waals surface area (Å²) in [4.78, 5) is 30.5. The van der Waals surface area contributed by atoms with Crippen molar-refractivity contribution in [3.8, 4) is 0 Å². The van der Waals surface area contributed by atoms with Gasteiger partial charge < -0.3 is 10.2 Å². The van der Waals surface area contributed by atoms with Gasteiger partial charge in [0.05, 0.1) is 5.92 Å². The molecule has 0 fully saturated rings. The van der Waals surface area contributed by atoms with Crippen LogP contribution in [-0.2, 0) is 14.4 Å². The molecule has 1 unspecified atom stereocenters. The lowest BCUT2D eigenvalue weighted by molar-refractivity contribution is -0.146. The minimum atomic E-state index is -1.59. The molecule has 0 rings (SSSR count). The molecule has 0 radical (unpaired) electrons. The third-order valence-corrected chi connectivity index (χ3v) is 1.14. The first-order valence-electron chi connectivity index (χ1n) is 3.13. The van der Waals surface area contributed by atoms with E-state index in [-0.39, 0.29) is 0 Å². The summed E-state index contributed by atoms with van der Waals surface area (Å²) in [7, 11) is 0. The van der Waals surface area contributed by atoms with Crippen LogP contribution in [0, 0.1) is 5.92 Å². The van der Waals surface area contributed by atoms with Gasteiger partial charge in [0.25, 0.3) is 5.78 Å². The maximum Gasteiger partial charge on any atom is 0.376 e. The molecule has 0 saturated carbocycles. The molecule has 66 valence electrons. The summed E-state index contributed by atoms with van der Waals surface area (Å²) < 4.78 is 0. The molecule has 5 nitrogen and oxygen atoms in total. The van der Waals surface area contributed by atoms with Crippen LogP contribution in [0.5, 0.6) is 0 Å². The van der Waals surface area contributed by atoms with Crippen LogP contribution in [-0.4, -0.2) is 27.9 Å². The highest BCUT2D eigenvalue weighted by Gasteiger charge is 2.09. The predicted octanol–water partition coefficient (Wildman–Crippen LogP) is -0.0830. The molecule has 0 spiro atoms. The lowest BCUT2D eigenvalue weighted by Gasteiger charge is -1.94. The summed E-state index contributed by atoms with van der Waals surface area (Å²) in [6.07, 6.45) is 1.76. The zero-order valence-corrected chi connectivity index (χ0v) is 6.35. The molecule has 0 aromatic rings. The van der Waals surface area contributed by atoms with E-state index >= 15 is 0 Å². The Labute approximate surface area is 68.3 Å². The van der Waals surface area contributed by atoms with Gasteiger partial charge in [0.15, 0.2) is 0 Å². The Balaban J connectivity index is 4.16. The molecule has 0 bridgehead atoms. The van der Waals surface area contributed by atoms with Crippen LogP contribution < -0.4 is 0 Å². The molecule has 5 heteroatoms. The molecule has 0 aromatic heterocycles. The van der Waals surface area contributed by atoms with Crippen LogP contribution in [0.1, 0.15) is 6.92 Å². The van der Waals surface area contributed by atoms with Gasteiger partial charge in [-0.1, -0.05) is 6.08 Å². The first kappa shape index (κ1) is 10.3. The van der Waals surface area contributed by atoms with Crippen LogP contribution in [0.3, 0.4) is 0 Å². The van der Waals surface area contributed by atoms with E-state index in [9.17, 15) is 14.4 Å². The summed E-state index contributed by atoms with van der Waals surface area (Å²) in [5.74, 6) is -4.68. The van der Waals surface area contributed by atoms with Crippen LogP contribution in [0.2, 0.25) is 0 Å². The zero-order valence-electron chi connectivity index (χ0n) is 6.35. The first-order valence-corrected chi connectivity index (χ1v) is 3.13. The average Bonchev–Trinajstić information content (AvgIpc) is 1.98.